The third-order valence-electron chi connectivity index (χ3n) is 6.42. The Morgan fingerprint density at radius 3 is 1.91 bits per heavy atom. The second-order valence-electron chi connectivity index (χ2n) is 8.64. The number of thioether (sulfide) groups is 1. The van der Waals surface area contributed by atoms with Gasteiger partial charge < -0.3 is 70.0 Å². The molecular formula is C20H34O14S. The first-order valence-electron chi connectivity index (χ1n) is 11.0. The van der Waals surface area contributed by atoms with Crippen molar-refractivity contribution in [2.75, 3.05) is 26.9 Å². The van der Waals surface area contributed by atoms with Crippen LogP contribution in [0, 0.1) is 0 Å². The van der Waals surface area contributed by atoms with Crippen molar-refractivity contribution in [1.82, 2.24) is 0 Å². The lowest BCUT2D eigenvalue weighted by molar-refractivity contribution is -0.316. The largest absolute Gasteiger partial charge is 0.394 e. The summed E-state index contributed by atoms with van der Waals surface area (Å²) >= 11 is 0.893. The van der Waals surface area contributed by atoms with E-state index in [1.807, 2.05) is 0 Å². The molecule has 2 fully saturated rings. The Bertz CT molecular complexity index is 709. The molecule has 35 heavy (non-hydrogen) atoms. The summed E-state index contributed by atoms with van der Waals surface area (Å²) in [5.74, 6) is 0. The van der Waals surface area contributed by atoms with Crippen molar-refractivity contribution < 1.29 is 70.0 Å². The Balaban J connectivity index is 1.78. The van der Waals surface area contributed by atoms with Crippen molar-refractivity contribution in [2.45, 2.75) is 84.1 Å². The normalized spacial score (nSPS) is 49.1. The minimum Gasteiger partial charge on any atom is -0.394 e. The zero-order chi connectivity index (χ0) is 26.0. The van der Waals surface area contributed by atoms with E-state index >= 15 is 0 Å². The fourth-order valence-electron chi connectivity index (χ4n) is 4.35. The average molecular weight is 531 g/mol. The lowest BCUT2D eigenvalue weighted by atomic mass is 9.91. The number of rotatable bonds is 8. The van der Waals surface area contributed by atoms with Crippen LogP contribution >= 0.6 is 11.8 Å². The molecule has 10 N–H and O–H groups in total. The van der Waals surface area contributed by atoms with E-state index in [9.17, 15) is 51.1 Å². The number of hydrogen-bond acceptors (Lipinski definition) is 15. The summed E-state index contributed by atoms with van der Waals surface area (Å²) in [6, 6.07) is 0. The Labute approximate surface area is 204 Å². The Hall–Kier alpha value is -0.470. The molecule has 0 unspecified atom stereocenters. The topological polar surface area (TPSA) is 239 Å². The zero-order valence-corrected chi connectivity index (χ0v) is 19.6. The highest BCUT2D eigenvalue weighted by atomic mass is 32.2. The van der Waals surface area contributed by atoms with Crippen LogP contribution in [-0.2, 0) is 18.9 Å². The van der Waals surface area contributed by atoms with Crippen LogP contribution in [0.25, 0.3) is 0 Å². The van der Waals surface area contributed by atoms with Crippen molar-refractivity contribution in [3.8, 4) is 0 Å². The lowest BCUT2D eigenvalue weighted by Crippen LogP contribution is -2.61. The maximum absolute atomic E-state index is 10.8. The van der Waals surface area contributed by atoms with Gasteiger partial charge in [0.25, 0.3) is 0 Å². The number of aliphatic hydroxyl groups excluding tert-OH is 10. The zero-order valence-electron chi connectivity index (χ0n) is 18.8. The lowest BCUT2D eigenvalue weighted by Gasteiger charge is -2.45. The molecule has 0 aromatic rings. The summed E-state index contributed by atoms with van der Waals surface area (Å²) in [6.45, 7) is -1.88. The van der Waals surface area contributed by atoms with E-state index in [1.54, 1.807) is 0 Å². The van der Waals surface area contributed by atoms with Crippen molar-refractivity contribution in [3.63, 3.8) is 0 Å². The smallest absolute Gasteiger partial charge is 0.187 e. The fourth-order valence-corrected chi connectivity index (χ4v) is 5.93. The number of aliphatic hydroxyl groups is 10. The van der Waals surface area contributed by atoms with E-state index in [0.717, 1.165) is 11.8 Å². The molecule has 1 aliphatic carbocycles. The third-order valence-corrected chi connectivity index (χ3v) is 8.05. The van der Waals surface area contributed by atoms with Gasteiger partial charge in [0.1, 0.15) is 42.7 Å². The standard InChI is InChI=1S/C20H34O14S/c1-31-19-16(30)14(28)18(8(5-23)33-19)35-9-2-6(3-21)17(13(27)11(9)25)34-20-15(29)12(26)10(24)7(4-22)32-20/h2,7-30H,3-5H2,1H3/t7-,8-,9-,10-,11+,12+,13-,14-,15-,16-,17-,18-,19-,20+/m1/s1. The van der Waals surface area contributed by atoms with Crippen LogP contribution < -0.4 is 0 Å². The summed E-state index contributed by atoms with van der Waals surface area (Å²) in [7, 11) is 1.26. The van der Waals surface area contributed by atoms with Gasteiger partial charge in [0.2, 0.25) is 0 Å². The average Bonchev–Trinajstić information content (AvgIpc) is 2.86. The molecule has 0 bridgehead atoms. The summed E-state index contributed by atoms with van der Waals surface area (Å²) in [5.41, 5.74) is 0.0688. The van der Waals surface area contributed by atoms with Crippen LogP contribution in [0.1, 0.15) is 0 Å². The summed E-state index contributed by atoms with van der Waals surface area (Å²) in [5, 5.41) is 99.4. The molecule has 0 spiro atoms. The second-order valence-corrected chi connectivity index (χ2v) is 10.0. The van der Waals surface area contributed by atoms with E-state index in [4.69, 9.17) is 18.9 Å². The van der Waals surface area contributed by atoms with E-state index in [0.29, 0.717) is 0 Å². The van der Waals surface area contributed by atoms with E-state index in [-0.39, 0.29) is 5.57 Å². The maximum Gasteiger partial charge on any atom is 0.187 e. The second kappa shape index (κ2) is 12.4. The van der Waals surface area contributed by atoms with E-state index in [1.165, 1.54) is 13.2 Å². The van der Waals surface area contributed by atoms with Crippen LogP contribution in [0.15, 0.2) is 11.6 Å². The molecule has 204 valence electrons. The highest BCUT2D eigenvalue weighted by Gasteiger charge is 2.50. The number of hydrogen-bond donors (Lipinski definition) is 10. The Morgan fingerprint density at radius 1 is 0.743 bits per heavy atom. The van der Waals surface area contributed by atoms with Gasteiger partial charge in [-0.15, -0.1) is 11.8 Å². The van der Waals surface area contributed by atoms with Crippen molar-refractivity contribution in [1.29, 1.82) is 0 Å². The van der Waals surface area contributed by atoms with Crippen LogP contribution in [0.3, 0.4) is 0 Å². The number of ether oxygens (including phenoxy) is 4. The first-order valence-corrected chi connectivity index (χ1v) is 12.0. The summed E-state index contributed by atoms with van der Waals surface area (Å²) in [4.78, 5) is 0. The predicted molar refractivity (Wildman–Crippen MR) is 116 cm³/mol. The van der Waals surface area contributed by atoms with Gasteiger partial charge in [-0.05, 0) is 5.57 Å². The van der Waals surface area contributed by atoms with Gasteiger partial charge in [0.05, 0.1) is 48.6 Å². The van der Waals surface area contributed by atoms with Crippen LogP contribution in [0.5, 0.6) is 0 Å². The quantitative estimate of drug-likeness (QED) is 0.132. The van der Waals surface area contributed by atoms with Gasteiger partial charge in [-0.1, -0.05) is 6.08 Å². The maximum atomic E-state index is 10.8. The van der Waals surface area contributed by atoms with Gasteiger partial charge in [0.15, 0.2) is 12.6 Å². The van der Waals surface area contributed by atoms with Gasteiger partial charge >= 0.3 is 0 Å². The minimum atomic E-state index is -1.76. The highest BCUT2D eigenvalue weighted by molar-refractivity contribution is 8.00. The van der Waals surface area contributed by atoms with Crippen molar-refractivity contribution in [3.05, 3.63) is 11.6 Å². The molecule has 3 rings (SSSR count). The summed E-state index contributed by atoms with van der Waals surface area (Å²) in [6.07, 6.45) is -16.3. The fraction of sp³-hybridized carbons (Fsp3) is 0.900. The molecule has 0 amide bonds. The first-order chi connectivity index (χ1) is 16.6. The molecule has 0 aromatic carbocycles. The van der Waals surface area contributed by atoms with Crippen molar-refractivity contribution in [2.24, 2.45) is 0 Å². The molecule has 3 aliphatic rings. The van der Waals surface area contributed by atoms with Gasteiger partial charge in [-0.3, -0.25) is 0 Å². The minimum absolute atomic E-state index is 0.0688. The third kappa shape index (κ3) is 5.84. The van der Waals surface area contributed by atoms with Crippen molar-refractivity contribution >= 4 is 11.8 Å². The molecule has 15 heteroatoms. The Morgan fingerprint density at radius 2 is 1.34 bits per heavy atom. The molecule has 0 radical (unpaired) electrons. The molecule has 2 heterocycles. The first kappa shape index (κ1) is 29.1. The van der Waals surface area contributed by atoms with E-state index in [2.05, 4.69) is 0 Å². The number of methoxy groups -OCH3 is 1. The Kier molecular flexibility index (Phi) is 10.3. The highest BCUT2D eigenvalue weighted by Crippen LogP contribution is 2.39. The van der Waals surface area contributed by atoms with E-state index < -0.39 is 104 Å². The summed E-state index contributed by atoms with van der Waals surface area (Å²) < 4.78 is 21.2. The van der Waals surface area contributed by atoms with Gasteiger partial charge in [0, 0.05) is 7.11 Å². The molecule has 14 nitrogen and oxygen atoms in total. The van der Waals surface area contributed by atoms with Crippen LogP contribution in [0.4, 0.5) is 0 Å². The van der Waals surface area contributed by atoms with Gasteiger partial charge in [-0.25, -0.2) is 0 Å². The SMILES string of the molecule is CO[C@@H]1O[C@H](CO)[C@@H](S[C@@H]2C=C(CO)[C@@H](O[C@@H]3O[C@H](CO)[C@@H](O)[C@H](O)[C@H]3O)[C@H](O)[C@H]2O)[C@H](O)[C@H]1O. The molecule has 0 saturated carbocycles. The predicted octanol–water partition coefficient (Wildman–Crippen LogP) is -5.62. The monoisotopic (exact) mass is 530 g/mol. The van der Waals surface area contributed by atoms with Gasteiger partial charge in [-0.2, -0.15) is 0 Å². The van der Waals surface area contributed by atoms with Crippen LogP contribution in [-0.4, -0.2) is 162 Å². The molecular weight excluding hydrogens is 496 g/mol. The molecule has 14 atom stereocenters. The molecule has 2 saturated heterocycles. The van der Waals surface area contributed by atoms with Crippen LogP contribution in [0.2, 0.25) is 0 Å². The molecule has 0 aromatic heterocycles. The molecule has 2 aliphatic heterocycles.